The van der Waals surface area contributed by atoms with Gasteiger partial charge < -0.3 is 10.0 Å². The highest BCUT2D eigenvalue weighted by Crippen LogP contribution is 2.20. The quantitative estimate of drug-likeness (QED) is 0.881. The number of carbonyl (C=O) groups excluding carboxylic acids is 1. The number of aliphatic hydroxyl groups is 1. The van der Waals surface area contributed by atoms with E-state index in [-0.39, 0.29) is 18.6 Å². The van der Waals surface area contributed by atoms with Gasteiger partial charge in [-0.3, -0.25) is 9.78 Å². The van der Waals surface area contributed by atoms with Crippen molar-refractivity contribution in [2.24, 2.45) is 0 Å². The number of para-hydroxylation sites is 2. The molecule has 2 aromatic rings. The van der Waals surface area contributed by atoms with Gasteiger partial charge in [0.2, 0.25) is 5.91 Å². The lowest BCUT2D eigenvalue weighted by Gasteiger charge is -2.34. The van der Waals surface area contributed by atoms with Gasteiger partial charge in [-0.2, -0.15) is 0 Å². The van der Waals surface area contributed by atoms with Crippen LogP contribution in [0.4, 0.5) is 0 Å². The number of rotatable bonds is 4. The average molecular weight is 311 g/mol. The molecule has 3 rings (SSSR count). The molecule has 1 amide bonds. The van der Waals surface area contributed by atoms with Crippen molar-refractivity contribution < 1.29 is 9.90 Å². The van der Waals surface area contributed by atoms with E-state index in [2.05, 4.69) is 9.97 Å². The highest BCUT2D eigenvalue weighted by atomic mass is 16.3. The molecule has 5 heteroatoms. The summed E-state index contributed by atoms with van der Waals surface area (Å²) in [5, 5.41) is 9.15. The minimum absolute atomic E-state index is 0.0156. The minimum atomic E-state index is -0.0156. The van der Waals surface area contributed by atoms with E-state index >= 15 is 0 Å². The number of piperidine rings is 1. The SMILES string of the molecule is O=C(/C=C/c1cnc2ccccc2n1)N1CCCCC1CCO. The lowest BCUT2D eigenvalue weighted by Crippen LogP contribution is -2.43. The zero-order valence-electron chi connectivity index (χ0n) is 13.1. The molecule has 1 saturated heterocycles. The zero-order valence-corrected chi connectivity index (χ0v) is 13.1. The Kier molecular flexibility index (Phi) is 4.98. The summed E-state index contributed by atoms with van der Waals surface area (Å²) in [5.41, 5.74) is 2.33. The molecular weight excluding hydrogens is 290 g/mol. The van der Waals surface area contributed by atoms with Gasteiger partial charge in [0.15, 0.2) is 0 Å². The van der Waals surface area contributed by atoms with Crippen LogP contribution in [-0.4, -0.2) is 45.1 Å². The Morgan fingerprint density at radius 2 is 2.13 bits per heavy atom. The molecule has 1 atom stereocenters. The molecule has 1 aliphatic heterocycles. The van der Waals surface area contributed by atoms with E-state index in [1.807, 2.05) is 29.2 Å². The Balaban J connectivity index is 1.73. The van der Waals surface area contributed by atoms with Gasteiger partial charge in [-0.05, 0) is 43.9 Å². The molecule has 0 radical (unpaired) electrons. The fourth-order valence-electron chi connectivity index (χ4n) is 3.04. The summed E-state index contributed by atoms with van der Waals surface area (Å²) in [7, 11) is 0. The van der Waals surface area contributed by atoms with E-state index in [9.17, 15) is 4.79 Å². The van der Waals surface area contributed by atoms with Crippen LogP contribution in [0.15, 0.2) is 36.5 Å². The summed E-state index contributed by atoms with van der Waals surface area (Å²) < 4.78 is 0. The normalized spacial score (nSPS) is 18.7. The van der Waals surface area contributed by atoms with Crippen LogP contribution in [0, 0.1) is 0 Å². The number of hydrogen-bond acceptors (Lipinski definition) is 4. The van der Waals surface area contributed by atoms with Crippen LogP contribution in [-0.2, 0) is 4.79 Å². The molecule has 0 aliphatic carbocycles. The van der Waals surface area contributed by atoms with Gasteiger partial charge >= 0.3 is 0 Å². The van der Waals surface area contributed by atoms with Crippen LogP contribution in [0.25, 0.3) is 17.1 Å². The maximum atomic E-state index is 12.4. The van der Waals surface area contributed by atoms with E-state index in [4.69, 9.17) is 5.11 Å². The first-order chi connectivity index (χ1) is 11.3. The van der Waals surface area contributed by atoms with Crippen LogP contribution in [0.3, 0.4) is 0 Å². The van der Waals surface area contributed by atoms with Gasteiger partial charge in [-0.15, -0.1) is 0 Å². The number of carbonyl (C=O) groups is 1. The lowest BCUT2D eigenvalue weighted by atomic mass is 9.99. The van der Waals surface area contributed by atoms with Gasteiger partial charge in [0.1, 0.15) is 0 Å². The predicted molar refractivity (Wildman–Crippen MR) is 89.6 cm³/mol. The van der Waals surface area contributed by atoms with Crippen molar-refractivity contribution in [2.45, 2.75) is 31.7 Å². The van der Waals surface area contributed by atoms with Gasteiger partial charge in [0.05, 0.1) is 22.9 Å². The van der Waals surface area contributed by atoms with E-state index in [0.717, 1.165) is 36.8 Å². The third kappa shape index (κ3) is 3.74. The van der Waals surface area contributed by atoms with Crippen molar-refractivity contribution >= 4 is 23.0 Å². The summed E-state index contributed by atoms with van der Waals surface area (Å²) in [6.45, 7) is 0.881. The van der Waals surface area contributed by atoms with Crippen LogP contribution >= 0.6 is 0 Å². The standard InChI is InChI=1S/C18H21N3O2/c22-12-10-15-5-3-4-11-21(15)18(23)9-8-14-13-19-16-6-1-2-7-17(16)20-14/h1-2,6-9,13,15,22H,3-5,10-12H2/b9-8+. The molecule has 1 aromatic heterocycles. The molecule has 0 bridgehead atoms. The number of fused-ring (bicyclic) bond motifs is 1. The monoisotopic (exact) mass is 311 g/mol. The fourth-order valence-corrected chi connectivity index (χ4v) is 3.04. The van der Waals surface area contributed by atoms with E-state index < -0.39 is 0 Å². The molecule has 1 N–H and O–H groups in total. The molecule has 2 heterocycles. The highest BCUT2D eigenvalue weighted by molar-refractivity contribution is 5.92. The first kappa shape index (κ1) is 15.6. The Hall–Kier alpha value is -2.27. The second kappa shape index (κ2) is 7.33. The van der Waals surface area contributed by atoms with Crippen LogP contribution < -0.4 is 0 Å². The largest absolute Gasteiger partial charge is 0.396 e. The van der Waals surface area contributed by atoms with Crippen molar-refractivity contribution in [3.8, 4) is 0 Å². The number of hydrogen-bond donors (Lipinski definition) is 1. The molecule has 23 heavy (non-hydrogen) atoms. The van der Waals surface area contributed by atoms with Crippen molar-refractivity contribution in [3.05, 3.63) is 42.2 Å². The van der Waals surface area contributed by atoms with Crippen LogP contribution in [0.5, 0.6) is 0 Å². The second-order valence-corrected chi connectivity index (χ2v) is 5.81. The molecule has 5 nitrogen and oxygen atoms in total. The summed E-state index contributed by atoms with van der Waals surface area (Å²) >= 11 is 0. The number of benzene rings is 1. The first-order valence-corrected chi connectivity index (χ1v) is 8.09. The fraction of sp³-hybridized carbons (Fsp3) is 0.389. The second-order valence-electron chi connectivity index (χ2n) is 5.81. The maximum absolute atomic E-state index is 12.4. The van der Waals surface area contributed by atoms with Gasteiger partial charge in [-0.1, -0.05) is 12.1 Å². The summed E-state index contributed by atoms with van der Waals surface area (Å²) in [6.07, 6.45) is 8.71. The molecule has 1 aromatic carbocycles. The van der Waals surface area contributed by atoms with E-state index in [1.165, 1.54) is 0 Å². The van der Waals surface area contributed by atoms with Gasteiger partial charge in [0, 0.05) is 25.3 Å². The number of nitrogens with zero attached hydrogens (tertiary/aromatic N) is 3. The Labute approximate surface area is 135 Å². The van der Waals surface area contributed by atoms with Gasteiger partial charge in [0.25, 0.3) is 0 Å². The van der Waals surface area contributed by atoms with E-state index in [1.54, 1.807) is 18.3 Å². The topological polar surface area (TPSA) is 66.3 Å². The van der Waals surface area contributed by atoms with E-state index in [0.29, 0.717) is 12.1 Å². The summed E-state index contributed by atoms with van der Waals surface area (Å²) in [4.78, 5) is 23.1. The molecule has 1 fully saturated rings. The smallest absolute Gasteiger partial charge is 0.246 e. The summed E-state index contributed by atoms with van der Waals surface area (Å²) in [5.74, 6) is -0.0156. The molecule has 0 spiro atoms. The highest BCUT2D eigenvalue weighted by Gasteiger charge is 2.24. The van der Waals surface area contributed by atoms with Crippen molar-refractivity contribution in [2.75, 3.05) is 13.2 Å². The molecular formula is C18H21N3O2. The zero-order chi connectivity index (χ0) is 16.1. The molecule has 0 saturated carbocycles. The average Bonchev–Trinajstić information content (AvgIpc) is 2.60. The number of aromatic nitrogens is 2. The van der Waals surface area contributed by atoms with Gasteiger partial charge in [-0.25, -0.2) is 4.98 Å². The Morgan fingerprint density at radius 3 is 2.96 bits per heavy atom. The van der Waals surface area contributed by atoms with Crippen molar-refractivity contribution in [1.82, 2.24) is 14.9 Å². The lowest BCUT2D eigenvalue weighted by molar-refractivity contribution is -0.129. The predicted octanol–water partition coefficient (Wildman–Crippen LogP) is 2.41. The maximum Gasteiger partial charge on any atom is 0.246 e. The number of amides is 1. The minimum Gasteiger partial charge on any atom is -0.396 e. The first-order valence-electron chi connectivity index (χ1n) is 8.09. The molecule has 1 unspecified atom stereocenters. The summed E-state index contributed by atoms with van der Waals surface area (Å²) in [6, 6.07) is 7.81. The van der Waals surface area contributed by atoms with Crippen LogP contribution in [0.2, 0.25) is 0 Å². The molecule has 120 valence electrons. The third-order valence-corrected chi connectivity index (χ3v) is 4.24. The Bertz CT molecular complexity index is 712. The van der Waals surface area contributed by atoms with Crippen molar-refractivity contribution in [3.63, 3.8) is 0 Å². The van der Waals surface area contributed by atoms with Crippen LogP contribution in [0.1, 0.15) is 31.4 Å². The third-order valence-electron chi connectivity index (χ3n) is 4.24. The number of likely N-dealkylation sites (tertiary alicyclic amines) is 1. The Morgan fingerprint density at radius 1 is 1.30 bits per heavy atom. The van der Waals surface area contributed by atoms with Crippen molar-refractivity contribution in [1.29, 1.82) is 0 Å². The molecule has 1 aliphatic rings. The number of aliphatic hydroxyl groups excluding tert-OH is 1.